The molecule has 0 bridgehead atoms. The average Bonchev–Trinajstić information content (AvgIpc) is 2.81. The van der Waals surface area contributed by atoms with E-state index in [0.717, 1.165) is 5.56 Å². The summed E-state index contributed by atoms with van der Waals surface area (Å²) < 4.78 is 0. The summed E-state index contributed by atoms with van der Waals surface area (Å²) in [6.45, 7) is 3.02. The van der Waals surface area contributed by atoms with Crippen molar-refractivity contribution in [2.24, 2.45) is 0 Å². The Morgan fingerprint density at radius 3 is 2.63 bits per heavy atom. The number of urea groups is 1. The first-order valence-electron chi connectivity index (χ1n) is 5.95. The van der Waals surface area contributed by atoms with Gasteiger partial charge in [-0.15, -0.1) is 11.3 Å². The molecule has 0 aliphatic heterocycles. The minimum absolute atomic E-state index is 0.187. The summed E-state index contributed by atoms with van der Waals surface area (Å²) in [4.78, 5) is 12.8. The minimum Gasteiger partial charge on any atom is -0.334 e. The van der Waals surface area contributed by atoms with Gasteiger partial charge in [-0.1, -0.05) is 29.8 Å². The van der Waals surface area contributed by atoms with Gasteiger partial charge in [0.1, 0.15) is 0 Å². The fraction of sp³-hybridized carbons (Fsp3) is 0.214. The molecular formula is C14H15ClN2OS. The molecule has 2 rings (SSSR count). The number of aryl methyl sites for hydroxylation is 1. The summed E-state index contributed by atoms with van der Waals surface area (Å²) in [6, 6.07) is 9.33. The molecule has 3 nitrogen and oxygen atoms in total. The van der Waals surface area contributed by atoms with Crippen LogP contribution >= 0.6 is 22.9 Å². The monoisotopic (exact) mass is 294 g/mol. The molecule has 0 fully saturated rings. The minimum atomic E-state index is -0.187. The van der Waals surface area contributed by atoms with Gasteiger partial charge >= 0.3 is 6.03 Å². The van der Waals surface area contributed by atoms with Crippen LogP contribution in [0.15, 0.2) is 35.7 Å². The van der Waals surface area contributed by atoms with Crippen LogP contribution in [0, 0.1) is 6.92 Å². The van der Waals surface area contributed by atoms with Gasteiger partial charge in [0.15, 0.2) is 0 Å². The fourth-order valence-corrected chi connectivity index (χ4v) is 2.67. The Morgan fingerprint density at radius 1 is 1.21 bits per heavy atom. The normalized spacial score (nSPS) is 10.2. The van der Waals surface area contributed by atoms with E-state index in [-0.39, 0.29) is 6.03 Å². The van der Waals surface area contributed by atoms with Crippen molar-refractivity contribution >= 4 is 29.0 Å². The number of benzene rings is 1. The predicted octanol–water partition coefficient (Wildman–Crippen LogP) is 3.71. The van der Waals surface area contributed by atoms with Crippen LogP contribution < -0.4 is 10.6 Å². The number of hydrogen-bond acceptors (Lipinski definition) is 2. The van der Waals surface area contributed by atoms with Crippen molar-refractivity contribution in [3.63, 3.8) is 0 Å². The zero-order chi connectivity index (χ0) is 13.7. The zero-order valence-corrected chi connectivity index (χ0v) is 12.1. The van der Waals surface area contributed by atoms with Crippen LogP contribution in [0.4, 0.5) is 4.79 Å². The average molecular weight is 295 g/mol. The molecule has 0 saturated carbocycles. The summed E-state index contributed by atoms with van der Waals surface area (Å²) in [5.74, 6) is 0. The van der Waals surface area contributed by atoms with E-state index in [2.05, 4.69) is 10.6 Å². The highest BCUT2D eigenvalue weighted by atomic mass is 35.5. The van der Waals surface area contributed by atoms with E-state index in [1.807, 2.05) is 42.6 Å². The summed E-state index contributed by atoms with van der Waals surface area (Å²) >= 11 is 7.66. The molecule has 2 amide bonds. The Bertz CT molecular complexity index is 568. The number of thiophene rings is 1. The zero-order valence-electron chi connectivity index (χ0n) is 10.6. The quantitative estimate of drug-likeness (QED) is 0.887. The lowest BCUT2D eigenvalue weighted by molar-refractivity contribution is 0.240. The molecule has 1 aromatic heterocycles. The molecule has 0 aliphatic rings. The van der Waals surface area contributed by atoms with Gasteiger partial charge in [0, 0.05) is 16.4 Å². The lowest BCUT2D eigenvalue weighted by Gasteiger charge is -2.08. The molecule has 0 unspecified atom stereocenters. The third kappa shape index (κ3) is 3.98. The molecule has 2 N–H and O–H groups in total. The number of halogens is 1. The lowest BCUT2D eigenvalue weighted by atomic mass is 10.2. The highest BCUT2D eigenvalue weighted by Crippen LogP contribution is 2.15. The predicted molar refractivity (Wildman–Crippen MR) is 79.6 cm³/mol. The number of carbonyl (C=O) groups is 1. The van der Waals surface area contributed by atoms with Crippen LogP contribution in [-0.4, -0.2) is 6.03 Å². The van der Waals surface area contributed by atoms with E-state index in [0.29, 0.717) is 18.1 Å². The van der Waals surface area contributed by atoms with Crippen molar-refractivity contribution < 1.29 is 4.79 Å². The van der Waals surface area contributed by atoms with Gasteiger partial charge in [0.25, 0.3) is 0 Å². The van der Waals surface area contributed by atoms with E-state index >= 15 is 0 Å². The molecule has 5 heteroatoms. The largest absolute Gasteiger partial charge is 0.334 e. The first-order chi connectivity index (χ1) is 9.16. The van der Waals surface area contributed by atoms with E-state index in [1.165, 1.54) is 10.4 Å². The van der Waals surface area contributed by atoms with Crippen LogP contribution in [0.2, 0.25) is 5.02 Å². The number of amides is 2. The Hall–Kier alpha value is -1.52. The van der Waals surface area contributed by atoms with Crippen molar-refractivity contribution in [2.75, 3.05) is 0 Å². The van der Waals surface area contributed by atoms with Crippen molar-refractivity contribution in [1.82, 2.24) is 10.6 Å². The topological polar surface area (TPSA) is 41.1 Å². The maximum Gasteiger partial charge on any atom is 0.315 e. The molecule has 1 heterocycles. The number of rotatable bonds is 4. The van der Waals surface area contributed by atoms with Gasteiger partial charge in [-0.2, -0.15) is 0 Å². The first-order valence-corrected chi connectivity index (χ1v) is 7.20. The van der Waals surface area contributed by atoms with Crippen LogP contribution in [0.25, 0.3) is 0 Å². The third-order valence-electron chi connectivity index (χ3n) is 2.77. The van der Waals surface area contributed by atoms with Crippen LogP contribution in [-0.2, 0) is 13.1 Å². The molecular weight excluding hydrogens is 280 g/mol. The van der Waals surface area contributed by atoms with E-state index in [1.54, 1.807) is 11.3 Å². The molecule has 0 spiro atoms. The summed E-state index contributed by atoms with van der Waals surface area (Å²) in [5, 5.41) is 8.31. The standard InChI is InChI=1S/C14H15ClN2OS/c1-10-6-7-19-13(10)9-17-14(18)16-8-11-4-2-3-5-12(11)15/h2-7H,8-9H2,1H3,(H2,16,17,18). The van der Waals surface area contributed by atoms with E-state index in [4.69, 9.17) is 11.6 Å². The second-order valence-electron chi connectivity index (χ2n) is 4.15. The van der Waals surface area contributed by atoms with Crippen molar-refractivity contribution in [3.8, 4) is 0 Å². The van der Waals surface area contributed by atoms with Gasteiger partial charge in [-0.05, 0) is 35.6 Å². The first kappa shape index (κ1) is 13.9. The number of carbonyl (C=O) groups excluding carboxylic acids is 1. The van der Waals surface area contributed by atoms with Crippen LogP contribution in [0.3, 0.4) is 0 Å². The highest BCUT2D eigenvalue weighted by Gasteiger charge is 2.04. The Balaban J connectivity index is 1.79. The van der Waals surface area contributed by atoms with Crippen molar-refractivity contribution in [1.29, 1.82) is 0 Å². The molecule has 100 valence electrons. The number of nitrogens with one attached hydrogen (secondary N) is 2. The molecule has 1 aromatic carbocycles. The maximum absolute atomic E-state index is 11.7. The van der Waals surface area contributed by atoms with E-state index < -0.39 is 0 Å². The Labute approximate surface area is 121 Å². The summed E-state index contributed by atoms with van der Waals surface area (Å²) in [6.07, 6.45) is 0. The molecule has 0 saturated heterocycles. The van der Waals surface area contributed by atoms with Gasteiger partial charge in [0.2, 0.25) is 0 Å². The van der Waals surface area contributed by atoms with Crippen LogP contribution in [0.1, 0.15) is 16.0 Å². The van der Waals surface area contributed by atoms with E-state index in [9.17, 15) is 4.79 Å². The SMILES string of the molecule is Cc1ccsc1CNC(=O)NCc1ccccc1Cl. The second kappa shape index (κ2) is 6.59. The van der Waals surface area contributed by atoms with Crippen molar-refractivity contribution in [3.05, 3.63) is 56.7 Å². The molecule has 0 aliphatic carbocycles. The number of hydrogen-bond donors (Lipinski definition) is 2. The van der Waals surface area contributed by atoms with Gasteiger partial charge < -0.3 is 10.6 Å². The second-order valence-corrected chi connectivity index (χ2v) is 5.56. The summed E-state index contributed by atoms with van der Waals surface area (Å²) in [5.41, 5.74) is 2.11. The molecule has 19 heavy (non-hydrogen) atoms. The highest BCUT2D eigenvalue weighted by molar-refractivity contribution is 7.10. The lowest BCUT2D eigenvalue weighted by Crippen LogP contribution is -2.34. The smallest absolute Gasteiger partial charge is 0.315 e. The van der Waals surface area contributed by atoms with Crippen LogP contribution in [0.5, 0.6) is 0 Å². The molecule has 0 atom stereocenters. The van der Waals surface area contributed by atoms with Gasteiger partial charge in [-0.25, -0.2) is 4.79 Å². The maximum atomic E-state index is 11.7. The fourth-order valence-electron chi connectivity index (χ4n) is 1.63. The Kier molecular flexibility index (Phi) is 4.82. The molecule has 0 radical (unpaired) electrons. The van der Waals surface area contributed by atoms with Gasteiger partial charge in [-0.3, -0.25) is 0 Å². The summed E-state index contributed by atoms with van der Waals surface area (Å²) in [7, 11) is 0. The van der Waals surface area contributed by atoms with Gasteiger partial charge in [0.05, 0.1) is 6.54 Å². The van der Waals surface area contributed by atoms with Crippen molar-refractivity contribution in [2.45, 2.75) is 20.0 Å². The molecule has 2 aromatic rings. The Morgan fingerprint density at radius 2 is 1.95 bits per heavy atom. The third-order valence-corrected chi connectivity index (χ3v) is 4.17.